The molecule has 1 fully saturated rings. The summed E-state index contributed by atoms with van der Waals surface area (Å²) in [7, 11) is -9.39. The number of Topliss-reactive ketones (excluding diaryl/α,β-unsaturated/α-hetero) is 1. The van der Waals surface area contributed by atoms with Crippen molar-refractivity contribution < 1.29 is 100 Å². The number of cyclic esters (lactones) is 1. The molecule has 24 nitrogen and oxygen atoms in total. The lowest BCUT2D eigenvalue weighted by Crippen LogP contribution is -2.42. The van der Waals surface area contributed by atoms with Crippen molar-refractivity contribution in [1.29, 1.82) is 0 Å². The largest absolute Gasteiger partial charge is 0.461 e. The van der Waals surface area contributed by atoms with Gasteiger partial charge in [-0.05, 0) is 46.5 Å². The Kier molecular flexibility index (Phi) is 26.2. The third-order valence-corrected chi connectivity index (χ3v) is 9.85. The summed E-state index contributed by atoms with van der Waals surface area (Å²) in [5, 5.41) is 5.01. The average molecular weight is 956 g/mol. The molecule has 6 N–H and O–H groups in total. The molecule has 0 aliphatic carbocycles. The van der Waals surface area contributed by atoms with E-state index in [-0.39, 0.29) is 42.5 Å². The first-order chi connectivity index (χ1) is 29.9. The summed E-state index contributed by atoms with van der Waals surface area (Å²) in [6.07, 6.45) is -1.75. The van der Waals surface area contributed by atoms with Gasteiger partial charge >= 0.3 is 57.2 Å². The molecule has 1 saturated heterocycles. The standard InChI is InChI=1S/C38H59N3O21P2/c1-24(2)34(45)58-20-27(18-56-30(42)22-63(50,51)52)60-37(48)40-16-12-7-6-10-14-29-32(44)26(5)36(47)62-33(29)39-15-11-8-9-13-17-41-38(49)61-28(21-59-35(46)25(3)4)19-57-31(43)23-64(53,54)55/h26-29H,1,3,6-23H2,2,4-5H3,(H,40,48)(H,41,49)(H2,50,51,52)(H2,53,54,55). The molecular weight excluding hydrogens is 896 g/mol. The molecule has 1 rings (SSSR count). The third-order valence-electron chi connectivity index (χ3n) is 8.51. The van der Waals surface area contributed by atoms with Crippen LogP contribution in [0.3, 0.4) is 0 Å². The topological polar surface area (TPSA) is 353 Å². The molecule has 0 saturated carbocycles. The molecule has 64 heavy (non-hydrogen) atoms. The molecule has 0 aromatic rings. The van der Waals surface area contributed by atoms with Gasteiger partial charge in [0, 0.05) is 30.8 Å². The third kappa shape index (κ3) is 26.6. The van der Waals surface area contributed by atoms with E-state index >= 15 is 0 Å². The Labute approximate surface area is 369 Å². The lowest BCUT2D eigenvalue weighted by molar-refractivity contribution is -0.150. The number of esters is 5. The Morgan fingerprint density at radius 3 is 1.50 bits per heavy atom. The summed E-state index contributed by atoms with van der Waals surface area (Å²) in [5.41, 5.74) is 0.111. The van der Waals surface area contributed by atoms with Gasteiger partial charge in [0.2, 0.25) is 5.90 Å². The van der Waals surface area contributed by atoms with Crippen molar-refractivity contribution in [3.05, 3.63) is 24.3 Å². The smallest absolute Gasteiger partial charge is 0.407 e. The fraction of sp³-hybridized carbons (Fsp3) is 0.658. The van der Waals surface area contributed by atoms with Crippen molar-refractivity contribution in [3.63, 3.8) is 0 Å². The quantitative estimate of drug-likeness (QED) is 0.0150. The van der Waals surface area contributed by atoms with E-state index in [9.17, 15) is 47.5 Å². The summed E-state index contributed by atoms with van der Waals surface area (Å²) in [6.45, 7) is 9.35. The van der Waals surface area contributed by atoms with Crippen LogP contribution in [0.15, 0.2) is 29.3 Å². The van der Waals surface area contributed by atoms with Crippen molar-refractivity contribution >= 4 is 68.9 Å². The van der Waals surface area contributed by atoms with E-state index in [0.29, 0.717) is 57.8 Å². The van der Waals surface area contributed by atoms with Gasteiger partial charge in [0.1, 0.15) is 44.7 Å². The number of amides is 2. The van der Waals surface area contributed by atoms with Gasteiger partial charge in [-0.2, -0.15) is 0 Å². The molecular formula is C38H59N3O21P2. The van der Waals surface area contributed by atoms with Gasteiger partial charge in [-0.3, -0.25) is 33.3 Å². The number of hydrogen-bond acceptors (Lipinski definition) is 18. The van der Waals surface area contributed by atoms with E-state index in [1.807, 2.05) is 0 Å². The number of aliphatic imine (C=N–C) groups is 1. The summed E-state index contributed by atoms with van der Waals surface area (Å²) in [5.74, 6) is -6.71. The summed E-state index contributed by atoms with van der Waals surface area (Å²) < 4.78 is 57.1. The van der Waals surface area contributed by atoms with Gasteiger partial charge in [-0.25, -0.2) is 19.2 Å². The number of unbranched alkanes of at least 4 members (excludes halogenated alkanes) is 6. The molecule has 0 aromatic heterocycles. The minimum Gasteiger partial charge on any atom is -0.461 e. The molecule has 0 spiro atoms. The van der Waals surface area contributed by atoms with Gasteiger partial charge in [0.15, 0.2) is 18.0 Å². The van der Waals surface area contributed by atoms with Crippen molar-refractivity contribution in [2.75, 3.05) is 58.4 Å². The molecule has 4 atom stereocenters. The van der Waals surface area contributed by atoms with E-state index in [1.165, 1.54) is 20.8 Å². The average Bonchev–Trinajstić information content (AvgIpc) is 3.18. The Bertz CT molecular complexity index is 1790. The summed E-state index contributed by atoms with van der Waals surface area (Å²) >= 11 is 0. The molecule has 26 heteroatoms. The number of carbonyl (C=O) groups excluding carboxylic acids is 8. The van der Waals surface area contributed by atoms with Crippen molar-refractivity contribution in [2.45, 2.75) is 90.8 Å². The van der Waals surface area contributed by atoms with Gasteiger partial charge in [-0.1, -0.05) is 45.3 Å². The zero-order chi connectivity index (χ0) is 48.5. The first kappa shape index (κ1) is 57.0. The minimum absolute atomic E-state index is 0.0497. The Hall–Kier alpha value is -4.99. The SMILES string of the molecule is C=C(C)C(=O)OCC(COC(=O)CP(=O)(O)O)OC(=O)NCCCCCCN=C1OC(=O)C(C)C(=O)C1CCCCCCNC(=O)OC(COC(=O)CP(=O)(O)O)COC(=O)C(=C)C. The van der Waals surface area contributed by atoms with Crippen LogP contribution in [0.5, 0.6) is 0 Å². The number of ether oxygens (including phenoxy) is 7. The van der Waals surface area contributed by atoms with Crippen LogP contribution < -0.4 is 10.6 Å². The number of nitrogens with zero attached hydrogens (tertiary/aromatic N) is 1. The highest BCUT2D eigenvalue weighted by Crippen LogP contribution is 2.34. The fourth-order valence-electron chi connectivity index (χ4n) is 5.20. The van der Waals surface area contributed by atoms with Gasteiger partial charge in [-0.15, -0.1) is 0 Å². The molecule has 1 aliphatic heterocycles. The highest BCUT2D eigenvalue weighted by molar-refractivity contribution is 7.53. The first-order valence-corrected chi connectivity index (χ1v) is 23.7. The molecule has 0 bridgehead atoms. The van der Waals surface area contributed by atoms with Crippen LogP contribution in [-0.4, -0.2) is 144 Å². The maximum absolute atomic E-state index is 13.0. The lowest BCUT2D eigenvalue weighted by Gasteiger charge is -2.26. The molecule has 1 heterocycles. The van der Waals surface area contributed by atoms with Crippen LogP contribution in [0.4, 0.5) is 9.59 Å². The maximum atomic E-state index is 13.0. The second-order valence-corrected chi connectivity index (χ2v) is 17.9. The van der Waals surface area contributed by atoms with E-state index in [4.69, 9.17) is 52.7 Å². The zero-order valence-electron chi connectivity index (χ0n) is 36.0. The lowest BCUT2D eigenvalue weighted by atomic mass is 9.87. The van der Waals surface area contributed by atoms with Crippen molar-refractivity contribution in [2.24, 2.45) is 16.8 Å². The molecule has 1 aliphatic rings. The van der Waals surface area contributed by atoms with E-state index in [1.54, 1.807) is 0 Å². The Morgan fingerprint density at radius 1 is 0.672 bits per heavy atom. The van der Waals surface area contributed by atoms with Crippen LogP contribution in [0.2, 0.25) is 0 Å². The number of nitrogens with one attached hydrogen (secondary N) is 2. The number of ketones is 1. The highest BCUT2D eigenvalue weighted by atomic mass is 31.2. The number of carbonyl (C=O) groups is 8. The number of hydrogen-bond donors (Lipinski definition) is 6. The minimum atomic E-state index is -4.70. The van der Waals surface area contributed by atoms with Crippen LogP contribution in [0, 0.1) is 11.8 Å². The monoisotopic (exact) mass is 955 g/mol. The van der Waals surface area contributed by atoms with Gasteiger partial charge < -0.3 is 63.4 Å². The first-order valence-electron chi connectivity index (χ1n) is 20.1. The maximum Gasteiger partial charge on any atom is 0.407 e. The predicted octanol–water partition coefficient (Wildman–Crippen LogP) is 2.14. The van der Waals surface area contributed by atoms with Crippen LogP contribution in [0.25, 0.3) is 0 Å². The Morgan fingerprint density at radius 2 is 1.08 bits per heavy atom. The van der Waals surface area contributed by atoms with Crippen molar-refractivity contribution in [1.82, 2.24) is 10.6 Å². The van der Waals surface area contributed by atoms with E-state index in [2.05, 4.69) is 28.8 Å². The molecule has 0 radical (unpaired) electrons. The number of alkyl carbamates (subject to hydrolysis) is 2. The second kappa shape index (κ2) is 29.5. The Balaban J connectivity index is 2.51. The summed E-state index contributed by atoms with van der Waals surface area (Å²) in [4.78, 5) is 137. The highest BCUT2D eigenvalue weighted by Gasteiger charge is 2.40. The molecule has 362 valence electrons. The predicted molar refractivity (Wildman–Crippen MR) is 221 cm³/mol. The molecule has 4 unspecified atom stereocenters. The van der Waals surface area contributed by atoms with Crippen LogP contribution in [-0.2, 0) is 71.1 Å². The van der Waals surface area contributed by atoms with E-state index < -0.39 is 120 Å². The van der Waals surface area contributed by atoms with Crippen molar-refractivity contribution in [3.8, 4) is 0 Å². The number of rotatable bonds is 30. The second-order valence-electron chi connectivity index (χ2n) is 14.6. The van der Waals surface area contributed by atoms with E-state index in [0.717, 1.165) is 0 Å². The molecule has 0 aromatic carbocycles. The van der Waals surface area contributed by atoms with Gasteiger partial charge in [0.25, 0.3) is 0 Å². The summed E-state index contributed by atoms with van der Waals surface area (Å²) in [6, 6.07) is 0. The van der Waals surface area contributed by atoms with Crippen LogP contribution in [0.1, 0.15) is 78.6 Å². The normalized spacial score (nSPS) is 16.6. The molecule has 2 amide bonds. The van der Waals surface area contributed by atoms with Gasteiger partial charge in [0.05, 0.1) is 5.92 Å². The zero-order valence-corrected chi connectivity index (χ0v) is 37.8. The van der Waals surface area contributed by atoms with Crippen LogP contribution >= 0.6 is 15.2 Å². The fourth-order valence-corrected chi connectivity index (χ4v) is 6.05.